The number of nitrogens with one attached hydrogen (secondary N) is 2. The van der Waals surface area contributed by atoms with Crippen LogP contribution in [0.3, 0.4) is 0 Å². The Morgan fingerprint density at radius 1 is 1.19 bits per heavy atom. The van der Waals surface area contributed by atoms with Gasteiger partial charge in [-0.25, -0.2) is 0 Å². The average Bonchev–Trinajstić information content (AvgIpc) is 2.43. The second-order valence-electron chi connectivity index (χ2n) is 4.48. The Hall–Kier alpha value is -1.30. The first-order chi connectivity index (χ1) is 9.95. The summed E-state index contributed by atoms with van der Waals surface area (Å²) >= 11 is 11.9. The number of amides is 2. The standard InChI is InChI=1S/C14H18Cl2N2O3/c1-2-4-12(20)18-8-13(21)17-7-11(19)14-9(15)5-3-6-10(14)16/h3,5-6,11,19H,2,4,7-8H2,1H3,(H,17,21)(H,18,20)/t11-/m1/s1. The molecule has 0 fully saturated rings. The topological polar surface area (TPSA) is 78.4 Å². The zero-order chi connectivity index (χ0) is 15.8. The molecule has 0 aliphatic rings. The van der Waals surface area contributed by atoms with Crippen molar-refractivity contribution in [3.05, 3.63) is 33.8 Å². The SMILES string of the molecule is CCCC(=O)NCC(=O)NC[C@@H](O)c1c(Cl)cccc1Cl. The van der Waals surface area contributed by atoms with Gasteiger partial charge in [0.1, 0.15) is 0 Å². The number of halogens is 2. The zero-order valence-corrected chi connectivity index (χ0v) is 13.2. The summed E-state index contributed by atoms with van der Waals surface area (Å²) < 4.78 is 0. The van der Waals surface area contributed by atoms with Crippen LogP contribution in [0.15, 0.2) is 18.2 Å². The summed E-state index contributed by atoms with van der Waals surface area (Å²) in [6.45, 7) is 1.72. The van der Waals surface area contributed by atoms with Gasteiger partial charge in [0, 0.05) is 28.6 Å². The highest BCUT2D eigenvalue weighted by Gasteiger charge is 2.16. The van der Waals surface area contributed by atoms with Crippen LogP contribution in [-0.2, 0) is 9.59 Å². The van der Waals surface area contributed by atoms with Crippen molar-refractivity contribution in [2.24, 2.45) is 0 Å². The van der Waals surface area contributed by atoms with Gasteiger partial charge in [0.05, 0.1) is 12.6 Å². The van der Waals surface area contributed by atoms with E-state index in [0.717, 1.165) is 6.42 Å². The first kappa shape index (κ1) is 17.8. The lowest BCUT2D eigenvalue weighted by molar-refractivity contribution is -0.126. The second-order valence-corrected chi connectivity index (χ2v) is 5.30. The van der Waals surface area contributed by atoms with Crippen LogP contribution >= 0.6 is 23.2 Å². The van der Waals surface area contributed by atoms with E-state index >= 15 is 0 Å². The lowest BCUT2D eigenvalue weighted by Crippen LogP contribution is -2.38. The molecule has 1 aromatic rings. The van der Waals surface area contributed by atoms with E-state index in [-0.39, 0.29) is 24.9 Å². The van der Waals surface area contributed by atoms with Crippen LogP contribution in [0.1, 0.15) is 31.4 Å². The van der Waals surface area contributed by atoms with Crippen molar-refractivity contribution < 1.29 is 14.7 Å². The second kappa shape index (κ2) is 8.87. The minimum Gasteiger partial charge on any atom is -0.386 e. The third-order valence-electron chi connectivity index (χ3n) is 2.75. The van der Waals surface area contributed by atoms with Crippen LogP contribution in [0.25, 0.3) is 0 Å². The molecule has 1 rings (SSSR count). The van der Waals surface area contributed by atoms with E-state index in [1.807, 2.05) is 6.92 Å². The molecular weight excluding hydrogens is 315 g/mol. The highest BCUT2D eigenvalue weighted by atomic mass is 35.5. The van der Waals surface area contributed by atoms with E-state index in [1.54, 1.807) is 18.2 Å². The van der Waals surface area contributed by atoms with Crippen LogP contribution in [0.4, 0.5) is 0 Å². The molecule has 0 aliphatic carbocycles. The molecule has 1 aromatic carbocycles. The largest absolute Gasteiger partial charge is 0.386 e. The summed E-state index contributed by atoms with van der Waals surface area (Å²) in [5, 5.41) is 15.7. The molecule has 2 amide bonds. The molecular formula is C14H18Cl2N2O3. The van der Waals surface area contributed by atoms with Crippen molar-refractivity contribution in [3.63, 3.8) is 0 Å². The van der Waals surface area contributed by atoms with Crippen LogP contribution in [0, 0.1) is 0 Å². The maximum absolute atomic E-state index is 11.6. The average molecular weight is 333 g/mol. The third kappa shape index (κ3) is 5.91. The molecule has 0 radical (unpaired) electrons. The highest BCUT2D eigenvalue weighted by Crippen LogP contribution is 2.29. The Labute approximate surface area is 133 Å². The van der Waals surface area contributed by atoms with E-state index in [4.69, 9.17) is 23.2 Å². The molecule has 21 heavy (non-hydrogen) atoms. The Balaban J connectivity index is 2.44. The van der Waals surface area contributed by atoms with E-state index in [2.05, 4.69) is 10.6 Å². The maximum atomic E-state index is 11.6. The number of carbonyl (C=O) groups excluding carboxylic acids is 2. The fourth-order valence-corrected chi connectivity index (χ4v) is 2.35. The molecule has 0 saturated carbocycles. The summed E-state index contributed by atoms with van der Waals surface area (Å²) in [7, 11) is 0. The molecule has 7 heteroatoms. The van der Waals surface area contributed by atoms with Crippen LogP contribution in [0.2, 0.25) is 10.0 Å². The van der Waals surface area contributed by atoms with Crippen LogP contribution < -0.4 is 10.6 Å². The number of hydrogen-bond acceptors (Lipinski definition) is 3. The van der Waals surface area contributed by atoms with Gasteiger partial charge in [-0.15, -0.1) is 0 Å². The van der Waals surface area contributed by atoms with Gasteiger partial charge in [0.2, 0.25) is 11.8 Å². The van der Waals surface area contributed by atoms with Gasteiger partial charge in [-0.2, -0.15) is 0 Å². The lowest BCUT2D eigenvalue weighted by atomic mass is 10.1. The van der Waals surface area contributed by atoms with Gasteiger partial charge in [0.15, 0.2) is 0 Å². The third-order valence-corrected chi connectivity index (χ3v) is 3.41. The van der Waals surface area contributed by atoms with E-state index in [9.17, 15) is 14.7 Å². The fraction of sp³-hybridized carbons (Fsp3) is 0.429. The van der Waals surface area contributed by atoms with Gasteiger partial charge in [0.25, 0.3) is 0 Å². The number of benzene rings is 1. The summed E-state index contributed by atoms with van der Waals surface area (Å²) in [5.41, 5.74) is 0.371. The molecule has 0 saturated heterocycles. The summed E-state index contributed by atoms with van der Waals surface area (Å²) in [6, 6.07) is 4.89. The molecule has 0 aliphatic heterocycles. The molecule has 3 N–H and O–H groups in total. The predicted octanol–water partition coefficient (Wildman–Crippen LogP) is 2.06. The first-order valence-electron chi connectivity index (χ1n) is 6.61. The Bertz CT molecular complexity index is 489. The van der Waals surface area contributed by atoms with Crippen LogP contribution in [0.5, 0.6) is 0 Å². The van der Waals surface area contributed by atoms with E-state index < -0.39 is 6.10 Å². The molecule has 1 atom stereocenters. The van der Waals surface area contributed by atoms with Crippen molar-refractivity contribution in [2.75, 3.05) is 13.1 Å². The fourth-order valence-electron chi connectivity index (χ4n) is 1.70. The normalized spacial score (nSPS) is 11.8. The molecule has 116 valence electrons. The smallest absolute Gasteiger partial charge is 0.239 e. The molecule has 5 nitrogen and oxygen atoms in total. The van der Waals surface area contributed by atoms with Crippen molar-refractivity contribution in [1.29, 1.82) is 0 Å². The summed E-state index contributed by atoms with van der Waals surface area (Å²) in [6.07, 6.45) is 0.0870. The van der Waals surface area contributed by atoms with Gasteiger partial charge >= 0.3 is 0 Å². The Kier molecular flexibility index (Phi) is 7.50. The number of rotatable bonds is 7. The maximum Gasteiger partial charge on any atom is 0.239 e. The molecule has 0 spiro atoms. The Morgan fingerprint density at radius 2 is 1.81 bits per heavy atom. The lowest BCUT2D eigenvalue weighted by Gasteiger charge is -2.15. The van der Waals surface area contributed by atoms with Gasteiger partial charge in [-0.3, -0.25) is 9.59 Å². The van der Waals surface area contributed by atoms with Gasteiger partial charge in [-0.1, -0.05) is 36.2 Å². The Morgan fingerprint density at radius 3 is 2.38 bits per heavy atom. The number of aliphatic hydroxyl groups is 1. The highest BCUT2D eigenvalue weighted by molar-refractivity contribution is 6.36. The number of carbonyl (C=O) groups is 2. The minimum atomic E-state index is -1.01. The first-order valence-corrected chi connectivity index (χ1v) is 7.36. The monoisotopic (exact) mass is 332 g/mol. The number of aliphatic hydroxyl groups excluding tert-OH is 1. The number of hydrogen-bond donors (Lipinski definition) is 3. The quantitative estimate of drug-likeness (QED) is 0.715. The predicted molar refractivity (Wildman–Crippen MR) is 82.3 cm³/mol. The summed E-state index contributed by atoms with van der Waals surface area (Å²) in [5.74, 6) is -0.566. The zero-order valence-electron chi connectivity index (χ0n) is 11.7. The van der Waals surface area contributed by atoms with Crippen molar-refractivity contribution in [1.82, 2.24) is 10.6 Å². The summed E-state index contributed by atoms with van der Waals surface area (Å²) in [4.78, 5) is 22.8. The molecule has 0 aromatic heterocycles. The minimum absolute atomic E-state index is 0.0358. The van der Waals surface area contributed by atoms with E-state index in [1.165, 1.54) is 0 Å². The van der Waals surface area contributed by atoms with Crippen molar-refractivity contribution >= 4 is 35.0 Å². The van der Waals surface area contributed by atoms with Crippen molar-refractivity contribution in [2.45, 2.75) is 25.9 Å². The van der Waals surface area contributed by atoms with Gasteiger partial charge < -0.3 is 15.7 Å². The molecule has 0 bridgehead atoms. The van der Waals surface area contributed by atoms with E-state index in [0.29, 0.717) is 22.0 Å². The van der Waals surface area contributed by atoms with Crippen molar-refractivity contribution in [3.8, 4) is 0 Å². The molecule has 0 unspecified atom stereocenters. The van der Waals surface area contributed by atoms with Gasteiger partial charge in [-0.05, 0) is 18.6 Å². The van der Waals surface area contributed by atoms with Crippen LogP contribution in [-0.4, -0.2) is 30.0 Å². The molecule has 0 heterocycles.